The van der Waals surface area contributed by atoms with Crippen LogP contribution >= 0.6 is 0 Å². The highest BCUT2D eigenvalue weighted by Gasteiger charge is 2.71. The maximum atomic E-state index is 14.3. The van der Waals surface area contributed by atoms with E-state index in [4.69, 9.17) is 0 Å². The minimum absolute atomic E-state index is 0.0186. The van der Waals surface area contributed by atoms with E-state index in [0.717, 1.165) is 38.6 Å². The number of hydrogen-bond donors (Lipinski definition) is 2. The first kappa shape index (κ1) is 18.5. The molecular weight excluding hydrogens is 358 g/mol. The summed E-state index contributed by atoms with van der Waals surface area (Å²) in [5.41, 5.74) is 0.749. The molecule has 4 saturated carbocycles. The number of nitrogens with one attached hydrogen (secondary N) is 2. The molecular formula is C23H30F2N2O. The van der Waals surface area contributed by atoms with Crippen molar-refractivity contribution in [2.45, 2.75) is 62.6 Å². The van der Waals surface area contributed by atoms with Gasteiger partial charge in [-0.15, -0.1) is 0 Å². The molecule has 6 rings (SSSR count). The van der Waals surface area contributed by atoms with Crippen LogP contribution in [-0.2, 0) is 10.2 Å². The molecule has 2 N–H and O–H groups in total. The summed E-state index contributed by atoms with van der Waals surface area (Å²) in [6.07, 6.45) is 4.63. The van der Waals surface area contributed by atoms with Crippen molar-refractivity contribution in [2.24, 2.45) is 16.7 Å². The first-order valence-corrected chi connectivity index (χ1v) is 10.8. The van der Waals surface area contributed by atoms with Crippen LogP contribution in [-0.4, -0.2) is 37.9 Å². The van der Waals surface area contributed by atoms with E-state index in [2.05, 4.69) is 34.9 Å². The van der Waals surface area contributed by atoms with E-state index in [9.17, 15) is 13.6 Å². The fourth-order valence-corrected chi connectivity index (χ4v) is 7.46. The summed E-state index contributed by atoms with van der Waals surface area (Å²) in [5, 5.41) is 6.12. The molecule has 1 aliphatic heterocycles. The van der Waals surface area contributed by atoms with E-state index in [0.29, 0.717) is 25.3 Å². The van der Waals surface area contributed by atoms with Crippen molar-refractivity contribution >= 4 is 5.91 Å². The van der Waals surface area contributed by atoms with Gasteiger partial charge in [0.25, 0.3) is 0 Å². The van der Waals surface area contributed by atoms with Crippen LogP contribution in [0, 0.1) is 16.7 Å². The topological polar surface area (TPSA) is 41.1 Å². The van der Waals surface area contributed by atoms with Gasteiger partial charge in [-0.1, -0.05) is 30.3 Å². The highest BCUT2D eigenvalue weighted by Crippen LogP contribution is 2.75. The minimum atomic E-state index is -1.03. The number of alkyl halides is 2. The van der Waals surface area contributed by atoms with E-state index >= 15 is 0 Å². The average molecular weight is 389 g/mol. The Kier molecular flexibility index (Phi) is 4.31. The molecule has 0 aromatic heterocycles. The molecule has 3 nitrogen and oxygen atoms in total. The lowest BCUT2D eigenvalue weighted by atomic mass is 9.57. The van der Waals surface area contributed by atoms with Gasteiger partial charge in [-0.3, -0.25) is 9.18 Å². The zero-order valence-corrected chi connectivity index (χ0v) is 16.4. The predicted molar refractivity (Wildman–Crippen MR) is 104 cm³/mol. The molecule has 2 unspecified atom stereocenters. The van der Waals surface area contributed by atoms with Gasteiger partial charge in [0.15, 0.2) is 0 Å². The fourth-order valence-electron chi connectivity index (χ4n) is 7.46. The van der Waals surface area contributed by atoms with Crippen LogP contribution in [0.15, 0.2) is 30.3 Å². The minimum Gasteiger partial charge on any atom is -0.350 e. The Balaban J connectivity index is 1.46. The fraction of sp³-hybridized carbons (Fsp3) is 0.696. The molecule has 6 atom stereocenters. The Morgan fingerprint density at radius 3 is 2.75 bits per heavy atom. The predicted octanol–water partition coefficient (Wildman–Crippen LogP) is 3.68. The number of halogens is 2. The van der Waals surface area contributed by atoms with Crippen LogP contribution in [0.4, 0.5) is 8.78 Å². The second-order valence-corrected chi connectivity index (χ2v) is 9.97. The van der Waals surface area contributed by atoms with Crippen LogP contribution in [0.25, 0.3) is 0 Å². The van der Waals surface area contributed by atoms with E-state index in [1.165, 1.54) is 5.56 Å². The Morgan fingerprint density at radius 2 is 2.00 bits per heavy atom. The molecule has 4 bridgehead atoms. The monoisotopic (exact) mass is 388 g/mol. The second-order valence-electron chi connectivity index (χ2n) is 9.97. The molecule has 1 heterocycles. The molecule has 1 saturated heterocycles. The number of hydrogen-bond acceptors (Lipinski definition) is 2. The lowest BCUT2D eigenvalue weighted by Crippen LogP contribution is -2.56. The van der Waals surface area contributed by atoms with Crippen molar-refractivity contribution in [3.63, 3.8) is 0 Å². The number of carbonyl (C=O) groups is 1. The van der Waals surface area contributed by atoms with Gasteiger partial charge < -0.3 is 10.6 Å². The lowest BCUT2D eigenvalue weighted by molar-refractivity contribution is -0.138. The van der Waals surface area contributed by atoms with Gasteiger partial charge in [0.2, 0.25) is 5.91 Å². The van der Waals surface area contributed by atoms with E-state index in [1.807, 2.05) is 6.07 Å². The van der Waals surface area contributed by atoms with Crippen LogP contribution in [0.3, 0.4) is 0 Å². The molecule has 28 heavy (non-hydrogen) atoms. The first-order valence-electron chi connectivity index (χ1n) is 10.8. The standard InChI is InChI=1S/C23H30F2N2O/c24-8-7-21-10-17-11-22(13-21,20(28)27-19-6-9-26-12-18(19)25)15-23(17,14-21)16-4-2-1-3-5-16/h1-5,17-19,26H,6-15H2,(H,27,28)/t17?,18-,19+,21-,22?,23-/m0/s1. The highest BCUT2D eigenvalue weighted by molar-refractivity contribution is 5.84. The van der Waals surface area contributed by atoms with Crippen LogP contribution in [0.5, 0.6) is 0 Å². The van der Waals surface area contributed by atoms with E-state index < -0.39 is 17.6 Å². The van der Waals surface area contributed by atoms with E-state index in [1.54, 1.807) is 0 Å². The van der Waals surface area contributed by atoms with E-state index in [-0.39, 0.29) is 23.4 Å². The number of amides is 1. The largest absolute Gasteiger partial charge is 0.350 e. The third-order valence-electron chi connectivity index (χ3n) is 8.34. The van der Waals surface area contributed by atoms with Gasteiger partial charge in [0.05, 0.1) is 18.1 Å². The molecule has 4 aliphatic carbocycles. The molecule has 5 heteroatoms. The number of carbonyl (C=O) groups excluding carboxylic acids is 1. The zero-order valence-electron chi connectivity index (χ0n) is 16.4. The lowest BCUT2D eigenvalue weighted by Gasteiger charge is -2.47. The van der Waals surface area contributed by atoms with Gasteiger partial charge in [-0.05, 0) is 73.8 Å². The van der Waals surface area contributed by atoms with Crippen LogP contribution in [0.2, 0.25) is 0 Å². The van der Waals surface area contributed by atoms with Crippen LogP contribution in [0.1, 0.15) is 50.5 Å². The summed E-state index contributed by atoms with van der Waals surface area (Å²) in [5.74, 6) is 0.447. The molecule has 152 valence electrons. The van der Waals surface area contributed by atoms with Gasteiger partial charge in [-0.2, -0.15) is 0 Å². The molecule has 0 spiro atoms. The second kappa shape index (κ2) is 6.51. The maximum Gasteiger partial charge on any atom is 0.226 e. The Hall–Kier alpha value is -1.49. The number of rotatable bonds is 5. The van der Waals surface area contributed by atoms with Gasteiger partial charge >= 0.3 is 0 Å². The summed E-state index contributed by atoms with van der Waals surface area (Å²) >= 11 is 0. The van der Waals surface area contributed by atoms with Crippen molar-refractivity contribution in [1.82, 2.24) is 10.6 Å². The zero-order chi connectivity index (χ0) is 19.4. The molecule has 5 aliphatic rings. The Bertz CT molecular complexity index is 758. The van der Waals surface area contributed by atoms with Crippen LogP contribution < -0.4 is 10.6 Å². The summed E-state index contributed by atoms with van der Waals surface area (Å²) in [7, 11) is 0. The Morgan fingerprint density at radius 1 is 1.18 bits per heavy atom. The number of benzene rings is 1. The van der Waals surface area contributed by atoms with Crippen molar-refractivity contribution in [3.05, 3.63) is 35.9 Å². The molecule has 1 aromatic carbocycles. The molecule has 5 fully saturated rings. The quantitative estimate of drug-likeness (QED) is 0.808. The highest BCUT2D eigenvalue weighted by atomic mass is 19.1. The van der Waals surface area contributed by atoms with Gasteiger partial charge in [0, 0.05) is 6.54 Å². The van der Waals surface area contributed by atoms with Crippen molar-refractivity contribution < 1.29 is 13.6 Å². The molecule has 1 aromatic rings. The van der Waals surface area contributed by atoms with Crippen molar-refractivity contribution in [2.75, 3.05) is 19.8 Å². The molecule has 1 amide bonds. The van der Waals surface area contributed by atoms with Crippen molar-refractivity contribution in [1.29, 1.82) is 0 Å². The SMILES string of the molecule is O=C(N[C@@H]1CCNC[C@@H]1F)C12CC3C[C@@](CCF)(C1)C[C@@]3(c1ccccc1)C2. The summed E-state index contributed by atoms with van der Waals surface area (Å²) in [4.78, 5) is 13.5. The molecule has 0 radical (unpaired) electrons. The summed E-state index contributed by atoms with van der Waals surface area (Å²) in [6.45, 7) is 0.719. The van der Waals surface area contributed by atoms with Gasteiger partial charge in [0.1, 0.15) is 6.17 Å². The third-order valence-corrected chi connectivity index (χ3v) is 8.34. The summed E-state index contributed by atoms with van der Waals surface area (Å²) in [6, 6.07) is 10.1. The van der Waals surface area contributed by atoms with Crippen molar-refractivity contribution in [3.8, 4) is 0 Å². The van der Waals surface area contributed by atoms with Gasteiger partial charge in [-0.25, -0.2) is 4.39 Å². The average Bonchev–Trinajstić information content (AvgIpc) is 3.06. The number of piperidine rings is 1. The third kappa shape index (κ3) is 2.65. The Labute approximate surface area is 165 Å². The maximum absolute atomic E-state index is 14.3. The smallest absolute Gasteiger partial charge is 0.226 e. The first-order chi connectivity index (χ1) is 13.5. The summed E-state index contributed by atoms with van der Waals surface area (Å²) < 4.78 is 27.8. The normalized spacial score (nSPS) is 44.0.